The quantitative estimate of drug-likeness (QED) is 0.109. The second kappa shape index (κ2) is 22.6. The smallest absolute Gasteiger partial charge is 0.338 e. The molecular weight excluding hydrogens is 1130 g/mol. The van der Waals surface area contributed by atoms with E-state index in [1.165, 1.54) is 6.92 Å². The lowest BCUT2D eigenvalue weighted by Gasteiger charge is -2.68. The molecule has 5 rings (SSSR count). The molecule has 1 N–H and O–H groups in total. The largest absolute Gasteiger partial charge is 0.455 e. The number of rotatable bonds is 14. The maximum Gasteiger partial charge on any atom is 0.338 e. The van der Waals surface area contributed by atoms with Crippen LogP contribution in [0, 0.1) is 28.6 Å². The molecule has 30 heteroatoms. The molecule has 0 aromatic heterocycles. The number of fused-ring (bicyclic) bond motifs is 5. The number of Topliss-reactive ketones (excluding diaryl/α,β-unsaturated/α-hetero) is 2. The maximum atomic E-state index is 15.7. The fourth-order valence-electron chi connectivity index (χ4n) is 9.29. The van der Waals surface area contributed by atoms with Crippen molar-refractivity contribution in [2.75, 3.05) is 6.61 Å². The van der Waals surface area contributed by atoms with Crippen molar-refractivity contribution in [1.82, 2.24) is 0 Å². The average Bonchev–Trinajstić information content (AvgIpc) is 3.12. The van der Waals surface area contributed by atoms with Gasteiger partial charge in [0.05, 0.1) is 50.8 Å². The van der Waals surface area contributed by atoms with E-state index in [4.69, 9.17) is 23.3 Å². The summed E-state index contributed by atoms with van der Waals surface area (Å²) < 4.78 is 33.5. The summed E-state index contributed by atoms with van der Waals surface area (Å²) in [5.41, 5.74) is -6.32. The molecule has 10 nitrogen and oxygen atoms in total. The lowest BCUT2D eigenvalue weighted by Crippen LogP contribution is -2.82. The van der Waals surface area contributed by atoms with Crippen molar-refractivity contribution in [3.8, 4) is 0 Å². The van der Waals surface area contributed by atoms with Gasteiger partial charge in [0.25, 0.3) is 0 Å². The van der Waals surface area contributed by atoms with Crippen molar-refractivity contribution in [2.24, 2.45) is 28.6 Å². The SMILES string of the molecule is CC(=O)O[C@@]12CO[C@@H]1C[C@H](OP(P(P)P)P(P)P)[C@@]1(C)C(=O)C(=O)C3C(C)[C@@H](OP(P)P(P(P)P)P(P(P)P)P(P)P)C[C@@](O)([C@@H](OC(=O)c4ccccc4)[C@H]21)C3(C)C. The Kier molecular flexibility index (Phi) is 21.4. The number of hydrogen-bond donors (Lipinski definition) is 1. The van der Waals surface area contributed by atoms with E-state index >= 15 is 9.59 Å². The molecule has 0 spiro atoms. The Hall–Kier alpha value is 5.94. The van der Waals surface area contributed by atoms with Gasteiger partial charge in [-0.3, -0.25) is 14.4 Å². The Labute approximate surface area is 384 Å². The average molecular weight is 1180 g/mol. The van der Waals surface area contributed by atoms with Crippen molar-refractivity contribution in [3.63, 3.8) is 0 Å². The Morgan fingerprint density at radius 3 is 1.86 bits per heavy atom. The van der Waals surface area contributed by atoms with Crippen LogP contribution in [-0.4, -0.2) is 70.8 Å². The van der Waals surface area contributed by atoms with Gasteiger partial charge in [-0.2, -0.15) is 0 Å². The van der Waals surface area contributed by atoms with E-state index in [-0.39, 0.29) is 25.0 Å². The summed E-state index contributed by atoms with van der Waals surface area (Å²) in [5, 5.41) is 14.0. The molecule has 23 atom stereocenters. The van der Waals surface area contributed by atoms with Gasteiger partial charge in [0.15, 0.2) is 5.60 Å². The van der Waals surface area contributed by atoms with Gasteiger partial charge in [-0.15, -0.1) is 89.3 Å². The highest BCUT2D eigenvalue weighted by molar-refractivity contribution is 9.24. The van der Waals surface area contributed by atoms with E-state index < -0.39 is 152 Å². The first-order valence-electron chi connectivity index (χ1n) is 17.9. The van der Waals surface area contributed by atoms with Crippen molar-refractivity contribution < 1.29 is 47.5 Å². The van der Waals surface area contributed by atoms with Crippen LogP contribution >= 0.6 is 162 Å². The number of benzene rings is 1. The minimum atomic E-state index is -1.98. The van der Waals surface area contributed by atoms with Crippen LogP contribution < -0.4 is 0 Å². The molecule has 4 aliphatic rings. The normalized spacial score (nSPS) is 35.4. The third-order valence-corrected chi connectivity index (χ3v) is 108. The number of esters is 2. The molecular formula is C29H56O10P20. The van der Waals surface area contributed by atoms with E-state index in [0.717, 1.165) is 0 Å². The van der Waals surface area contributed by atoms with Crippen LogP contribution in [0.15, 0.2) is 30.3 Å². The zero-order valence-corrected chi connectivity index (χ0v) is 53.8. The lowest BCUT2D eigenvalue weighted by atomic mass is 9.42. The molecule has 15 unspecified atom stereocenters. The number of ketones is 2. The van der Waals surface area contributed by atoms with Crippen molar-refractivity contribution in [2.45, 2.75) is 83.1 Å². The zero-order chi connectivity index (χ0) is 44.3. The van der Waals surface area contributed by atoms with E-state index in [0.29, 0.717) is 0 Å². The van der Waals surface area contributed by atoms with Crippen LogP contribution in [-0.2, 0) is 37.6 Å². The molecule has 3 aliphatic carbocycles. The summed E-state index contributed by atoms with van der Waals surface area (Å²) in [6, 6.07) is 8.51. The Morgan fingerprint density at radius 1 is 0.831 bits per heavy atom. The Bertz CT molecular complexity index is 1720. The summed E-state index contributed by atoms with van der Waals surface area (Å²) in [6.07, 6.45) is -3.69. The third kappa shape index (κ3) is 11.1. The van der Waals surface area contributed by atoms with E-state index in [1.807, 2.05) is 6.92 Å². The molecule has 2 bridgehead atoms. The molecule has 4 fully saturated rings. The first-order chi connectivity index (χ1) is 27.3. The molecule has 1 aromatic carbocycles. The van der Waals surface area contributed by atoms with E-state index in [2.05, 4.69) is 98.2 Å². The van der Waals surface area contributed by atoms with E-state index in [1.54, 1.807) is 51.1 Å². The van der Waals surface area contributed by atoms with Crippen molar-refractivity contribution >= 4 is 186 Å². The van der Waals surface area contributed by atoms with Gasteiger partial charge >= 0.3 is 11.9 Å². The molecule has 332 valence electrons. The van der Waals surface area contributed by atoms with Gasteiger partial charge in [0.1, 0.15) is 17.8 Å². The number of ether oxygens (including phenoxy) is 3. The minimum Gasteiger partial charge on any atom is -0.455 e. The summed E-state index contributed by atoms with van der Waals surface area (Å²) in [4.78, 5) is 58.9. The van der Waals surface area contributed by atoms with Crippen LogP contribution in [0.4, 0.5) is 0 Å². The summed E-state index contributed by atoms with van der Waals surface area (Å²) in [5.74, 6) is -5.41. The summed E-state index contributed by atoms with van der Waals surface area (Å²) >= 11 is 0. The van der Waals surface area contributed by atoms with Crippen LogP contribution in [0.5, 0.6) is 0 Å². The highest BCUT2D eigenvalue weighted by Gasteiger charge is 2.79. The standard InChI is InChI=1S/C29H56O10P20/c1-14-17(38-51(40)58(55(45)46)59(56(47)48)57(49)50)12-29(34)24(36-25(33)16-9-7-6-8-10-16)22-27(5,23(32)21(31)20(14)26(29,3)4)18(39-52(53(41)42)54(43)44)11-19-28(22,13-35-19)37-15(2)30/h6-10,14,17-20,22,24,34H,11-13,40-50H2,1-5H3/t14?,17-,18-,19+,20?,22-,24-,27+,28-,29+,51?,58?/m0/s1. The first kappa shape index (κ1) is 55.9. The Balaban J connectivity index is 1.78. The molecule has 0 radical (unpaired) electrons. The van der Waals surface area contributed by atoms with Crippen molar-refractivity contribution in [3.05, 3.63) is 35.9 Å². The van der Waals surface area contributed by atoms with Gasteiger partial charge in [0.2, 0.25) is 11.6 Å². The van der Waals surface area contributed by atoms with Crippen LogP contribution in [0.3, 0.4) is 0 Å². The molecule has 1 saturated heterocycles. The second-order valence-corrected chi connectivity index (χ2v) is 87.6. The number of aliphatic hydroxyl groups is 1. The lowest BCUT2D eigenvalue weighted by molar-refractivity contribution is -0.347. The fourth-order valence-corrected chi connectivity index (χ4v) is 172. The maximum absolute atomic E-state index is 15.7. The molecule has 59 heavy (non-hydrogen) atoms. The zero-order valence-electron chi connectivity index (χ0n) is 33.0. The molecule has 1 aliphatic heterocycles. The molecule has 1 heterocycles. The topological polar surface area (TPSA) is 135 Å². The predicted molar refractivity (Wildman–Crippen MR) is 301 cm³/mol. The van der Waals surface area contributed by atoms with Gasteiger partial charge < -0.3 is 28.4 Å². The highest BCUT2D eigenvalue weighted by atomic mass is 33.3. The van der Waals surface area contributed by atoms with Crippen molar-refractivity contribution in [1.29, 1.82) is 0 Å². The van der Waals surface area contributed by atoms with Gasteiger partial charge in [-0.05, 0) is 66.9 Å². The summed E-state index contributed by atoms with van der Waals surface area (Å²) in [6.45, 7) is 4.28. The number of carbonyl (C=O) groups is 4. The molecule has 3 saturated carbocycles. The number of carbonyl (C=O) groups excluding carboxylic acids is 4. The fraction of sp³-hybridized carbons (Fsp3) is 0.655. The van der Waals surface area contributed by atoms with Crippen LogP contribution in [0.1, 0.15) is 57.8 Å². The highest BCUT2D eigenvalue weighted by Crippen LogP contribution is 3.21. The van der Waals surface area contributed by atoms with Crippen LogP contribution in [0.25, 0.3) is 0 Å². The third-order valence-electron chi connectivity index (χ3n) is 12.0. The summed E-state index contributed by atoms with van der Waals surface area (Å²) in [7, 11) is 30.2. The van der Waals surface area contributed by atoms with Gasteiger partial charge in [-0.1, -0.05) is 47.9 Å². The van der Waals surface area contributed by atoms with E-state index in [9.17, 15) is 14.7 Å². The molecule has 0 amide bonds. The second-order valence-electron chi connectivity index (χ2n) is 15.6. The number of hydrogen-bond acceptors (Lipinski definition) is 10. The first-order valence-corrected chi connectivity index (χ1v) is 52.6. The predicted octanol–water partition coefficient (Wildman–Crippen LogP) is 13.5. The van der Waals surface area contributed by atoms with Gasteiger partial charge in [-0.25, -0.2) is 4.79 Å². The molecule has 1 aromatic rings. The van der Waals surface area contributed by atoms with Crippen LogP contribution in [0.2, 0.25) is 0 Å². The minimum absolute atomic E-state index is 0.00361. The Morgan fingerprint density at radius 2 is 1.39 bits per heavy atom. The van der Waals surface area contributed by atoms with Gasteiger partial charge in [0, 0.05) is 38.1 Å². The monoisotopic (exact) mass is 1180 g/mol.